The molecule has 17 heavy (non-hydrogen) atoms. The van der Waals surface area contributed by atoms with E-state index in [1.165, 1.54) is 0 Å². The lowest BCUT2D eigenvalue weighted by Gasteiger charge is -2.13. The van der Waals surface area contributed by atoms with E-state index in [9.17, 15) is 4.79 Å². The molecule has 1 aromatic rings. The Balaban J connectivity index is 2.59. The maximum atomic E-state index is 11.8. The Labute approximate surface area is 111 Å². The van der Waals surface area contributed by atoms with Crippen LogP contribution < -0.4 is 0 Å². The first-order valence-corrected chi connectivity index (χ1v) is 6.62. The zero-order chi connectivity index (χ0) is 12.7. The van der Waals surface area contributed by atoms with Crippen LogP contribution in [0.25, 0.3) is 6.08 Å². The van der Waals surface area contributed by atoms with Gasteiger partial charge in [0.25, 0.3) is 0 Å². The first-order valence-electron chi connectivity index (χ1n) is 5.83. The van der Waals surface area contributed by atoms with Crippen molar-refractivity contribution >= 4 is 27.9 Å². The van der Waals surface area contributed by atoms with E-state index < -0.39 is 0 Å². The highest BCUT2D eigenvalue weighted by atomic mass is 79.9. The summed E-state index contributed by atoms with van der Waals surface area (Å²) in [5.74, 6) is 0.0502. The molecule has 0 aromatic heterocycles. The van der Waals surface area contributed by atoms with E-state index in [1.54, 1.807) is 11.0 Å². The second-order valence-corrected chi connectivity index (χ2v) is 4.82. The van der Waals surface area contributed by atoms with Crippen molar-refractivity contribution < 1.29 is 4.79 Å². The number of unbranched alkanes of at least 4 members (excludes halogenated alkanes) is 1. The number of rotatable bonds is 5. The van der Waals surface area contributed by atoms with Gasteiger partial charge < -0.3 is 4.90 Å². The third kappa shape index (κ3) is 4.73. The van der Waals surface area contributed by atoms with Gasteiger partial charge in [0.15, 0.2) is 0 Å². The molecule has 0 bridgehead atoms. The topological polar surface area (TPSA) is 20.3 Å². The molecule has 0 fully saturated rings. The molecule has 0 saturated heterocycles. The van der Waals surface area contributed by atoms with Crippen molar-refractivity contribution in [2.24, 2.45) is 0 Å². The van der Waals surface area contributed by atoms with Gasteiger partial charge >= 0.3 is 0 Å². The zero-order valence-corrected chi connectivity index (χ0v) is 11.9. The Hall–Kier alpha value is -1.09. The van der Waals surface area contributed by atoms with Gasteiger partial charge in [-0.3, -0.25) is 4.79 Å². The highest BCUT2D eigenvalue weighted by Crippen LogP contribution is 2.17. The van der Waals surface area contributed by atoms with E-state index in [-0.39, 0.29) is 5.91 Å². The summed E-state index contributed by atoms with van der Waals surface area (Å²) < 4.78 is 1.00. The molecule has 92 valence electrons. The van der Waals surface area contributed by atoms with Crippen LogP contribution in [0.2, 0.25) is 0 Å². The van der Waals surface area contributed by atoms with Crippen molar-refractivity contribution in [1.29, 1.82) is 0 Å². The molecule has 0 aliphatic rings. The standard InChI is InChI=1S/C14H18BrNO/c1-3-4-11-16(2)14(17)10-9-12-7-5-6-8-13(12)15/h5-10H,3-4,11H2,1-2H3/b10-9+. The Bertz CT molecular complexity index is 401. The summed E-state index contributed by atoms with van der Waals surface area (Å²) in [6.07, 6.45) is 5.61. The number of benzene rings is 1. The van der Waals surface area contributed by atoms with E-state index in [1.807, 2.05) is 37.4 Å². The van der Waals surface area contributed by atoms with Crippen molar-refractivity contribution in [2.75, 3.05) is 13.6 Å². The average molecular weight is 296 g/mol. The molecule has 0 heterocycles. The lowest BCUT2D eigenvalue weighted by Crippen LogP contribution is -2.25. The average Bonchev–Trinajstić information content (AvgIpc) is 2.34. The van der Waals surface area contributed by atoms with Crippen LogP contribution in [0.3, 0.4) is 0 Å². The Morgan fingerprint density at radius 1 is 1.41 bits per heavy atom. The van der Waals surface area contributed by atoms with Gasteiger partial charge in [0, 0.05) is 24.1 Å². The molecule has 0 N–H and O–H groups in total. The van der Waals surface area contributed by atoms with Gasteiger partial charge in [0.1, 0.15) is 0 Å². The van der Waals surface area contributed by atoms with Crippen molar-refractivity contribution in [3.8, 4) is 0 Å². The predicted octanol–water partition coefficient (Wildman–Crippen LogP) is 3.72. The summed E-state index contributed by atoms with van der Waals surface area (Å²) in [6.45, 7) is 2.94. The molecule has 0 aliphatic heterocycles. The number of amides is 1. The van der Waals surface area contributed by atoms with Crippen molar-refractivity contribution in [2.45, 2.75) is 19.8 Å². The molecule has 1 aromatic carbocycles. The second-order valence-electron chi connectivity index (χ2n) is 3.97. The molecule has 0 unspecified atom stereocenters. The molecule has 0 radical (unpaired) electrons. The normalized spacial score (nSPS) is 10.8. The lowest BCUT2D eigenvalue weighted by atomic mass is 10.2. The molecule has 0 saturated carbocycles. The quantitative estimate of drug-likeness (QED) is 0.758. The maximum absolute atomic E-state index is 11.8. The molecular weight excluding hydrogens is 278 g/mol. The fourth-order valence-corrected chi connectivity index (χ4v) is 1.82. The lowest BCUT2D eigenvalue weighted by molar-refractivity contribution is -0.124. The minimum absolute atomic E-state index is 0.0502. The molecule has 1 rings (SSSR count). The fourth-order valence-electron chi connectivity index (χ4n) is 1.40. The van der Waals surface area contributed by atoms with E-state index in [4.69, 9.17) is 0 Å². The number of carbonyl (C=O) groups excluding carboxylic acids is 1. The van der Waals surface area contributed by atoms with Crippen LogP contribution in [-0.4, -0.2) is 24.4 Å². The van der Waals surface area contributed by atoms with Gasteiger partial charge in [-0.25, -0.2) is 0 Å². The highest BCUT2D eigenvalue weighted by molar-refractivity contribution is 9.10. The first-order chi connectivity index (χ1) is 8.15. The monoisotopic (exact) mass is 295 g/mol. The molecule has 1 amide bonds. The minimum atomic E-state index is 0.0502. The zero-order valence-electron chi connectivity index (χ0n) is 10.3. The number of carbonyl (C=O) groups is 1. The van der Waals surface area contributed by atoms with Gasteiger partial charge in [-0.2, -0.15) is 0 Å². The number of nitrogens with zero attached hydrogens (tertiary/aromatic N) is 1. The van der Waals surface area contributed by atoms with Gasteiger partial charge in [-0.05, 0) is 24.1 Å². The Morgan fingerprint density at radius 2 is 2.12 bits per heavy atom. The SMILES string of the molecule is CCCCN(C)C(=O)/C=C/c1ccccc1Br. The van der Waals surface area contributed by atoms with Crippen molar-refractivity contribution in [1.82, 2.24) is 4.90 Å². The van der Waals surface area contributed by atoms with Crippen molar-refractivity contribution in [3.63, 3.8) is 0 Å². The van der Waals surface area contributed by atoms with E-state index >= 15 is 0 Å². The number of halogens is 1. The first kappa shape index (κ1) is 14.0. The Kier molecular flexibility index (Phi) is 5.98. The molecule has 2 nitrogen and oxygen atoms in total. The van der Waals surface area contributed by atoms with Crippen molar-refractivity contribution in [3.05, 3.63) is 40.4 Å². The second kappa shape index (κ2) is 7.28. The summed E-state index contributed by atoms with van der Waals surface area (Å²) in [5, 5.41) is 0. The third-order valence-corrected chi connectivity index (χ3v) is 3.26. The summed E-state index contributed by atoms with van der Waals surface area (Å²) in [4.78, 5) is 13.5. The van der Waals surface area contributed by atoms with Crippen LogP contribution in [0.15, 0.2) is 34.8 Å². The minimum Gasteiger partial charge on any atom is -0.342 e. The van der Waals surface area contributed by atoms with Crippen LogP contribution in [0.1, 0.15) is 25.3 Å². The largest absolute Gasteiger partial charge is 0.342 e. The summed E-state index contributed by atoms with van der Waals surface area (Å²) >= 11 is 3.45. The molecule has 0 spiro atoms. The predicted molar refractivity (Wildman–Crippen MR) is 75.7 cm³/mol. The number of hydrogen-bond donors (Lipinski definition) is 0. The molecule has 0 atom stereocenters. The van der Waals surface area contributed by atoms with Gasteiger partial charge in [0.05, 0.1) is 0 Å². The van der Waals surface area contributed by atoms with E-state index in [2.05, 4.69) is 22.9 Å². The maximum Gasteiger partial charge on any atom is 0.246 e. The van der Waals surface area contributed by atoms with Crippen LogP contribution in [0.4, 0.5) is 0 Å². The molecule has 3 heteroatoms. The molecular formula is C14H18BrNO. The van der Waals surface area contributed by atoms with Crippen LogP contribution in [0, 0.1) is 0 Å². The summed E-state index contributed by atoms with van der Waals surface area (Å²) in [5.41, 5.74) is 1.02. The van der Waals surface area contributed by atoms with Gasteiger partial charge in [0.2, 0.25) is 5.91 Å². The van der Waals surface area contributed by atoms with Crippen LogP contribution in [0.5, 0.6) is 0 Å². The highest BCUT2D eigenvalue weighted by Gasteiger charge is 2.03. The number of likely N-dealkylation sites (N-methyl/N-ethyl adjacent to an activating group) is 1. The van der Waals surface area contributed by atoms with Crippen LogP contribution >= 0.6 is 15.9 Å². The fraction of sp³-hybridized carbons (Fsp3) is 0.357. The summed E-state index contributed by atoms with van der Waals surface area (Å²) in [6, 6.07) is 7.84. The van der Waals surface area contributed by atoms with E-state index in [0.29, 0.717) is 0 Å². The van der Waals surface area contributed by atoms with E-state index in [0.717, 1.165) is 29.4 Å². The third-order valence-electron chi connectivity index (χ3n) is 2.53. The Morgan fingerprint density at radius 3 is 2.76 bits per heavy atom. The smallest absolute Gasteiger partial charge is 0.246 e. The van der Waals surface area contributed by atoms with Gasteiger partial charge in [-0.15, -0.1) is 0 Å². The summed E-state index contributed by atoms with van der Waals surface area (Å²) in [7, 11) is 1.84. The molecule has 0 aliphatic carbocycles. The van der Waals surface area contributed by atoms with Crippen LogP contribution in [-0.2, 0) is 4.79 Å². The number of hydrogen-bond acceptors (Lipinski definition) is 1. The van der Waals surface area contributed by atoms with Gasteiger partial charge in [-0.1, -0.05) is 47.5 Å².